The Morgan fingerprint density at radius 3 is 1.25 bits per heavy atom. The van der Waals surface area contributed by atoms with Crippen molar-refractivity contribution >= 4 is 22.7 Å². The number of nitrogens with two attached hydrogens (primary N) is 2. The maximum Gasteiger partial charge on any atom is 0.0385 e. The van der Waals surface area contributed by atoms with E-state index in [1.165, 1.54) is 0 Å². The summed E-state index contributed by atoms with van der Waals surface area (Å²) in [7, 11) is 0. The zero-order valence-corrected chi connectivity index (χ0v) is 8.27. The molecule has 0 fully saturated rings. The molecule has 0 bridgehead atoms. The van der Waals surface area contributed by atoms with Gasteiger partial charge in [0.25, 0.3) is 0 Å². The average Bonchev–Trinajstić information content (AvgIpc) is 2.25. The molecule has 3 nitrogen and oxygen atoms in total. The molecular weight excluding hydrogens is 198 g/mol. The molecule has 0 spiro atoms. The van der Waals surface area contributed by atoms with Crippen molar-refractivity contribution in [1.82, 2.24) is 0 Å². The van der Waals surface area contributed by atoms with Gasteiger partial charge in [0.05, 0.1) is 0 Å². The second-order valence-electron chi connectivity index (χ2n) is 3.37. The first-order valence-electron chi connectivity index (χ1n) is 4.72. The van der Waals surface area contributed by atoms with Crippen LogP contribution in [0.1, 0.15) is 7.43 Å². The van der Waals surface area contributed by atoms with Crippen molar-refractivity contribution in [3.8, 4) is 0 Å². The van der Waals surface area contributed by atoms with E-state index in [0.717, 1.165) is 22.7 Å². The van der Waals surface area contributed by atoms with E-state index in [4.69, 9.17) is 11.5 Å². The average molecular weight is 215 g/mol. The van der Waals surface area contributed by atoms with Crippen molar-refractivity contribution in [1.29, 1.82) is 0 Å². The molecule has 0 atom stereocenters. The molecule has 16 heavy (non-hydrogen) atoms. The predicted octanol–water partition coefficient (Wildman–Crippen LogP) is 3.23. The molecule has 0 heterocycles. The topological polar surface area (TPSA) is 64.1 Å². The van der Waals surface area contributed by atoms with Crippen molar-refractivity contribution in [2.75, 3.05) is 16.8 Å². The highest BCUT2D eigenvalue weighted by atomic mass is 14.9. The molecule has 0 aromatic heterocycles. The van der Waals surface area contributed by atoms with Gasteiger partial charge in [0.2, 0.25) is 0 Å². The zero-order chi connectivity index (χ0) is 10.7. The summed E-state index contributed by atoms with van der Waals surface area (Å²) >= 11 is 0. The first-order valence-corrected chi connectivity index (χ1v) is 4.72. The molecule has 5 N–H and O–H groups in total. The van der Waals surface area contributed by atoms with Gasteiger partial charge in [0.15, 0.2) is 0 Å². The standard InChI is InChI=1S/C12H13N3.CH4/c13-9-1-5-11(6-2-9)15-12-7-3-10(14)4-8-12;/h1-8,15H,13-14H2;1H4. The predicted molar refractivity (Wildman–Crippen MR) is 71.7 cm³/mol. The quantitative estimate of drug-likeness (QED) is 0.674. The van der Waals surface area contributed by atoms with Gasteiger partial charge in [-0.15, -0.1) is 0 Å². The molecule has 84 valence electrons. The maximum absolute atomic E-state index is 5.60. The van der Waals surface area contributed by atoms with Crippen LogP contribution in [-0.4, -0.2) is 0 Å². The Hall–Kier alpha value is -2.16. The number of hydrogen-bond donors (Lipinski definition) is 3. The molecule has 2 aromatic carbocycles. The van der Waals surface area contributed by atoms with Crippen LogP contribution in [0.2, 0.25) is 0 Å². The molecule has 0 radical (unpaired) electrons. The molecule has 0 aliphatic rings. The lowest BCUT2D eigenvalue weighted by Gasteiger charge is -2.06. The highest BCUT2D eigenvalue weighted by molar-refractivity contribution is 5.63. The van der Waals surface area contributed by atoms with Crippen LogP contribution < -0.4 is 16.8 Å². The molecule has 0 saturated carbocycles. The number of anilines is 4. The summed E-state index contributed by atoms with van der Waals surface area (Å²) in [5.41, 5.74) is 14.7. The lowest BCUT2D eigenvalue weighted by atomic mass is 10.2. The Balaban J connectivity index is 0.00000128. The van der Waals surface area contributed by atoms with Crippen molar-refractivity contribution in [3.05, 3.63) is 48.5 Å². The van der Waals surface area contributed by atoms with Gasteiger partial charge in [0.1, 0.15) is 0 Å². The minimum Gasteiger partial charge on any atom is -0.399 e. The number of rotatable bonds is 2. The minimum atomic E-state index is 0. The first-order chi connectivity index (χ1) is 7.24. The number of hydrogen-bond acceptors (Lipinski definition) is 3. The van der Waals surface area contributed by atoms with E-state index in [1.54, 1.807) is 0 Å². The van der Waals surface area contributed by atoms with Gasteiger partial charge in [-0.05, 0) is 48.5 Å². The minimum absolute atomic E-state index is 0. The molecule has 3 heteroatoms. The van der Waals surface area contributed by atoms with Gasteiger partial charge < -0.3 is 16.8 Å². The first kappa shape index (κ1) is 11.9. The van der Waals surface area contributed by atoms with Gasteiger partial charge >= 0.3 is 0 Å². The lowest BCUT2D eigenvalue weighted by molar-refractivity contribution is 1.55. The summed E-state index contributed by atoms with van der Waals surface area (Å²) in [5, 5.41) is 3.25. The SMILES string of the molecule is C.Nc1ccc(Nc2ccc(N)cc2)cc1. The van der Waals surface area contributed by atoms with Gasteiger partial charge in [-0.2, -0.15) is 0 Å². The fourth-order valence-electron chi connectivity index (χ4n) is 1.30. The fourth-order valence-corrected chi connectivity index (χ4v) is 1.30. The van der Waals surface area contributed by atoms with E-state index in [1.807, 2.05) is 48.5 Å². The molecule has 0 unspecified atom stereocenters. The lowest BCUT2D eigenvalue weighted by Crippen LogP contribution is -1.91. The third-order valence-electron chi connectivity index (χ3n) is 2.11. The van der Waals surface area contributed by atoms with Crippen LogP contribution in [0.25, 0.3) is 0 Å². The van der Waals surface area contributed by atoms with Crippen LogP contribution >= 0.6 is 0 Å². The van der Waals surface area contributed by atoms with E-state index in [9.17, 15) is 0 Å². The molecule has 0 aliphatic carbocycles. The van der Waals surface area contributed by atoms with Crippen LogP contribution in [0.4, 0.5) is 22.7 Å². The fraction of sp³-hybridized carbons (Fsp3) is 0.0769. The van der Waals surface area contributed by atoms with Crippen molar-refractivity contribution in [2.24, 2.45) is 0 Å². The molecule has 2 rings (SSSR count). The normalized spacial score (nSPS) is 9.25. The summed E-state index contributed by atoms with van der Waals surface area (Å²) in [6, 6.07) is 15.2. The molecule has 0 amide bonds. The van der Waals surface area contributed by atoms with E-state index in [2.05, 4.69) is 5.32 Å². The van der Waals surface area contributed by atoms with Crippen molar-refractivity contribution in [3.63, 3.8) is 0 Å². The Morgan fingerprint density at radius 1 is 0.625 bits per heavy atom. The summed E-state index contributed by atoms with van der Waals surface area (Å²) < 4.78 is 0. The molecule has 0 aliphatic heterocycles. The Labute approximate surface area is 96.1 Å². The number of benzene rings is 2. The van der Waals surface area contributed by atoms with Gasteiger partial charge in [-0.25, -0.2) is 0 Å². The summed E-state index contributed by atoms with van der Waals surface area (Å²) in [4.78, 5) is 0. The highest BCUT2D eigenvalue weighted by Crippen LogP contribution is 2.18. The Kier molecular flexibility index (Phi) is 3.78. The van der Waals surface area contributed by atoms with E-state index in [-0.39, 0.29) is 7.43 Å². The summed E-state index contributed by atoms with van der Waals surface area (Å²) in [6.45, 7) is 0. The van der Waals surface area contributed by atoms with E-state index >= 15 is 0 Å². The van der Waals surface area contributed by atoms with Crippen LogP contribution in [0.3, 0.4) is 0 Å². The van der Waals surface area contributed by atoms with Crippen molar-refractivity contribution in [2.45, 2.75) is 7.43 Å². The molecular formula is C13H17N3. The largest absolute Gasteiger partial charge is 0.399 e. The second kappa shape index (κ2) is 5.07. The Morgan fingerprint density at radius 2 is 0.938 bits per heavy atom. The summed E-state index contributed by atoms with van der Waals surface area (Å²) in [6.07, 6.45) is 0. The monoisotopic (exact) mass is 215 g/mol. The molecule has 2 aromatic rings. The number of nitrogen functional groups attached to an aromatic ring is 2. The van der Waals surface area contributed by atoms with E-state index in [0.29, 0.717) is 0 Å². The number of nitrogens with one attached hydrogen (secondary N) is 1. The van der Waals surface area contributed by atoms with Gasteiger partial charge in [0, 0.05) is 22.7 Å². The van der Waals surface area contributed by atoms with Crippen LogP contribution in [0.15, 0.2) is 48.5 Å². The second-order valence-corrected chi connectivity index (χ2v) is 3.37. The Bertz CT molecular complexity index is 388. The van der Waals surface area contributed by atoms with Crippen LogP contribution in [-0.2, 0) is 0 Å². The third-order valence-corrected chi connectivity index (χ3v) is 2.11. The highest BCUT2D eigenvalue weighted by Gasteiger charge is 1.93. The smallest absolute Gasteiger partial charge is 0.0385 e. The zero-order valence-electron chi connectivity index (χ0n) is 8.27. The van der Waals surface area contributed by atoms with Crippen LogP contribution in [0, 0.1) is 0 Å². The van der Waals surface area contributed by atoms with E-state index < -0.39 is 0 Å². The van der Waals surface area contributed by atoms with Crippen molar-refractivity contribution < 1.29 is 0 Å². The van der Waals surface area contributed by atoms with Gasteiger partial charge in [-0.1, -0.05) is 7.43 Å². The third kappa shape index (κ3) is 2.92. The molecule has 0 saturated heterocycles. The summed E-state index contributed by atoms with van der Waals surface area (Å²) in [5.74, 6) is 0. The maximum atomic E-state index is 5.60. The van der Waals surface area contributed by atoms with Gasteiger partial charge in [-0.3, -0.25) is 0 Å². The van der Waals surface area contributed by atoms with Crippen LogP contribution in [0.5, 0.6) is 0 Å².